The van der Waals surface area contributed by atoms with Crippen LogP contribution in [0.15, 0.2) is 121 Å². The summed E-state index contributed by atoms with van der Waals surface area (Å²) in [5.74, 6) is -0.495. The Morgan fingerprint density at radius 3 is 1.76 bits per heavy atom. The summed E-state index contributed by atoms with van der Waals surface area (Å²) in [6.45, 7) is 10.3. The Balaban J connectivity index is 0.00000561. The quantitative estimate of drug-likeness (QED) is 0.0566. The maximum absolute atomic E-state index is 11.4. The van der Waals surface area contributed by atoms with Crippen molar-refractivity contribution in [2.75, 3.05) is 34.4 Å². The molecule has 2 heterocycles. The van der Waals surface area contributed by atoms with Gasteiger partial charge in [0.25, 0.3) is 20.2 Å². The van der Waals surface area contributed by atoms with Crippen LogP contribution in [-0.4, -0.2) is 86.1 Å². The van der Waals surface area contributed by atoms with Crippen LogP contribution in [0.5, 0.6) is 0 Å². The molecule has 0 spiro atoms. The van der Waals surface area contributed by atoms with Crippen LogP contribution in [0.2, 0.25) is 0 Å². The molecule has 4 aromatic carbocycles. The molecule has 8 nitrogen and oxygen atoms in total. The summed E-state index contributed by atoms with van der Waals surface area (Å²) in [6.07, 6.45) is 16.5. The van der Waals surface area contributed by atoms with Gasteiger partial charge in [0.1, 0.15) is 0 Å². The Hall–Kier alpha value is -3.22. The first-order valence-electron chi connectivity index (χ1n) is 18.3. The third-order valence-corrected chi connectivity index (χ3v) is 12.4. The van der Waals surface area contributed by atoms with Gasteiger partial charge in [-0.2, -0.15) is 16.8 Å². The Morgan fingerprint density at radius 1 is 0.630 bits per heavy atom. The summed E-state index contributed by atoms with van der Waals surface area (Å²) >= 11 is 0. The second-order valence-electron chi connectivity index (χ2n) is 15.2. The Kier molecular flexibility index (Phi) is 13.1. The number of hydrogen-bond acceptors (Lipinski definition) is 6. The summed E-state index contributed by atoms with van der Waals surface area (Å²) in [5.41, 5.74) is 5.41. The van der Waals surface area contributed by atoms with Crippen molar-refractivity contribution in [3.8, 4) is 0 Å². The second-order valence-corrected chi connectivity index (χ2v) is 18.3. The van der Waals surface area contributed by atoms with Crippen molar-refractivity contribution in [3.05, 3.63) is 132 Å². The molecule has 0 saturated carbocycles. The predicted molar refractivity (Wildman–Crippen MR) is 225 cm³/mol. The topological polar surface area (TPSA) is 115 Å². The van der Waals surface area contributed by atoms with E-state index in [0.717, 1.165) is 17.1 Å². The fourth-order valence-corrected chi connectivity index (χ4v) is 9.51. The third kappa shape index (κ3) is 9.07. The van der Waals surface area contributed by atoms with Gasteiger partial charge in [0.15, 0.2) is 0 Å². The van der Waals surface area contributed by atoms with Crippen LogP contribution >= 0.6 is 0 Å². The number of rotatable bonds is 14. The van der Waals surface area contributed by atoms with E-state index < -0.39 is 20.2 Å². The van der Waals surface area contributed by atoms with E-state index in [9.17, 15) is 25.9 Å². The van der Waals surface area contributed by atoms with Crippen molar-refractivity contribution in [1.29, 1.82) is 0 Å². The Bertz CT molecular complexity index is 2350. The molecule has 0 aromatic heterocycles. The van der Waals surface area contributed by atoms with Gasteiger partial charge in [-0.3, -0.25) is 9.11 Å². The number of anilines is 2. The van der Waals surface area contributed by atoms with E-state index in [1.54, 1.807) is 0 Å². The van der Waals surface area contributed by atoms with Crippen molar-refractivity contribution in [3.63, 3.8) is 0 Å². The molecular formula is C43H50N2NaO6S2. The molecule has 2 aliphatic rings. The van der Waals surface area contributed by atoms with Crippen LogP contribution in [0, 0.1) is 0 Å². The number of nitrogens with zero attached hydrogens (tertiary/aromatic N) is 2. The summed E-state index contributed by atoms with van der Waals surface area (Å²) in [5, 5.41) is 4.79. The van der Waals surface area contributed by atoms with E-state index in [2.05, 4.69) is 122 Å². The van der Waals surface area contributed by atoms with Gasteiger partial charge in [-0.15, -0.1) is 0 Å². The molecule has 0 fully saturated rings. The van der Waals surface area contributed by atoms with Crippen molar-refractivity contribution < 1.29 is 25.9 Å². The van der Waals surface area contributed by atoms with Crippen LogP contribution in [0.25, 0.3) is 21.5 Å². The molecule has 1 radical (unpaired) electrons. The average molecular weight is 778 g/mol. The fraction of sp³-hybridized carbons (Fsp3) is 0.349. The van der Waals surface area contributed by atoms with E-state index in [1.165, 1.54) is 32.7 Å². The monoisotopic (exact) mass is 777 g/mol. The van der Waals surface area contributed by atoms with Crippen LogP contribution in [0.1, 0.15) is 64.5 Å². The number of allylic oxidation sites excluding steroid dienone is 7. The predicted octanol–water partition coefficient (Wildman–Crippen LogP) is 8.76. The molecule has 281 valence electrons. The van der Waals surface area contributed by atoms with Gasteiger partial charge in [0, 0.05) is 70.5 Å². The molecule has 2 N–H and O–H groups in total. The zero-order valence-electron chi connectivity index (χ0n) is 31.9. The van der Waals surface area contributed by atoms with Crippen molar-refractivity contribution >= 4 is 82.7 Å². The van der Waals surface area contributed by atoms with Crippen molar-refractivity contribution in [1.82, 2.24) is 0 Å². The molecule has 11 heteroatoms. The average Bonchev–Trinajstić information content (AvgIpc) is 3.45. The molecule has 0 saturated heterocycles. The number of hydrogen-bond donors (Lipinski definition) is 2. The minimum Gasteiger partial charge on any atom is -0.364 e. The maximum Gasteiger partial charge on any atom is 0.264 e. The second kappa shape index (κ2) is 16.9. The summed E-state index contributed by atoms with van der Waals surface area (Å²) in [7, 11) is -8.01. The standard InChI is InChI=1S/C43H50N2O6S2.Na/c1-42(2)38(44(28-14-16-30-52(46,47)48)36-26-24-32-18-10-12-20-34(32)40(36)42)22-8-6-5-7-9-23-39-43(3,4)41-35-21-13-11-19-33(35)25-27-37(41)45(39)29-15-17-31-53(49,50)51;/h5-13,18-27,38H,14-17,28-31H2,1-4H3,(H,46,47,48)(H,49,50,51);/b6-5+,9-7+,22-8+,39-23-;. The van der Waals surface area contributed by atoms with E-state index in [4.69, 9.17) is 0 Å². The molecule has 1 unspecified atom stereocenters. The van der Waals surface area contributed by atoms with E-state index in [0.29, 0.717) is 38.8 Å². The Morgan fingerprint density at radius 2 is 1.15 bits per heavy atom. The molecule has 4 aromatic rings. The van der Waals surface area contributed by atoms with Gasteiger partial charge >= 0.3 is 0 Å². The van der Waals surface area contributed by atoms with E-state index in [1.807, 2.05) is 30.4 Å². The zero-order valence-corrected chi connectivity index (χ0v) is 35.6. The number of fused-ring (bicyclic) bond motifs is 6. The molecule has 1 atom stereocenters. The fourth-order valence-electron chi connectivity index (χ4n) is 8.37. The van der Waals surface area contributed by atoms with Gasteiger partial charge in [-0.25, -0.2) is 0 Å². The molecular weight excluding hydrogens is 728 g/mol. The molecule has 2 aliphatic heterocycles. The van der Waals surface area contributed by atoms with Crippen LogP contribution in [0.4, 0.5) is 11.4 Å². The van der Waals surface area contributed by atoms with Gasteiger partial charge in [-0.05, 0) is 76.6 Å². The zero-order chi connectivity index (χ0) is 38.0. The van der Waals surface area contributed by atoms with Crippen molar-refractivity contribution in [2.24, 2.45) is 0 Å². The SMILES string of the molecule is CC1(C)/C(=C/C=C/C=C/C=C/C2N(CCCCS(=O)(=O)O)c3ccc4ccccc4c3C2(C)C)N(CCCCS(=O)(=O)O)c2ccc3ccccc3c21.[Na]. The first-order chi connectivity index (χ1) is 25.1. The minimum atomic E-state index is -4.01. The largest absolute Gasteiger partial charge is 0.364 e. The third-order valence-electron chi connectivity index (χ3n) is 10.8. The van der Waals surface area contributed by atoms with E-state index >= 15 is 0 Å². The first kappa shape index (κ1) is 41.9. The van der Waals surface area contributed by atoms with E-state index in [-0.39, 0.29) is 57.9 Å². The molecule has 6 rings (SSSR count). The first-order valence-corrected chi connectivity index (χ1v) is 21.5. The minimum absolute atomic E-state index is 0. The van der Waals surface area contributed by atoms with Crippen LogP contribution in [0.3, 0.4) is 0 Å². The van der Waals surface area contributed by atoms with Gasteiger partial charge in [-0.1, -0.05) is 125 Å². The van der Waals surface area contributed by atoms with Crippen molar-refractivity contribution in [2.45, 2.75) is 70.3 Å². The number of benzene rings is 4. The number of unbranched alkanes of at least 4 members (excludes halogenated alkanes) is 2. The van der Waals surface area contributed by atoms with Crippen LogP contribution in [-0.2, 0) is 31.1 Å². The Labute approximate surface area is 343 Å². The summed E-state index contributed by atoms with van der Waals surface area (Å²) in [4.78, 5) is 4.65. The smallest absolute Gasteiger partial charge is 0.264 e. The summed E-state index contributed by atoms with van der Waals surface area (Å²) < 4.78 is 64.1. The molecule has 0 bridgehead atoms. The molecule has 54 heavy (non-hydrogen) atoms. The van der Waals surface area contributed by atoms with Gasteiger partial charge < -0.3 is 9.80 Å². The van der Waals surface area contributed by atoms with Gasteiger partial charge in [0.05, 0.1) is 17.5 Å². The van der Waals surface area contributed by atoms with Crippen LogP contribution < -0.4 is 9.80 Å². The summed E-state index contributed by atoms with van der Waals surface area (Å²) in [6, 6.07) is 25.5. The maximum atomic E-state index is 11.4. The van der Waals surface area contributed by atoms with Gasteiger partial charge in [0.2, 0.25) is 0 Å². The molecule has 0 aliphatic carbocycles. The molecule has 0 amide bonds. The normalized spacial score (nSPS) is 18.8.